The van der Waals surface area contributed by atoms with Crippen molar-refractivity contribution in [3.63, 3.8) is 0 Å². The number of hydrogen-bond donors (Lipinski definition) is 1. The molecule has 0 unspecified atom stereocenters. The molecule has 3 rings (SSSR count). The molecule has 1 aliphatic rings. The number of rotatable bonds is 3. The molecule has 0 atom stereocenters. The van der Waals surface area contributed by atoms with Crippen LogP contribution >= 0.6 is 11.8 Å². The van der Waals surface area contributed by atoms with Gasteiger partial charge in [-0.05, 0) is 54.9 Å². The summed E-state index contributed by atoms with van der Waals surface area (Å²) < 4.78 is 5.66. The highest BCUT2D eigenvalue weighted by atomic mass is 32.2. The van der Waals surface area contributed by atoms with E-state index >= 15 is 0 Å². The van der Waals surface area contributed by atoms with Gasteiger partial charge >= 0.3 is 0 Å². The minimum absolute atomic E-state index is 0.0226. The molecular formula is C16H13N3O4S. The number of benzene rings is 1. The molecule has 0 aliphatic carbocycles. The quantitative estimate of drug-likeness (QED) is 0.519. The molecule has 24 heavy (non-hydrogen) atoms. The van der Waals surface area contributed by atoms with Crippen molar-refractivity contribution in [2.75, 3.05) is 0 Å². The normalized spacial score (nSPS) is 15.8. The maximum atomic E-state index is 11.6. The van der Waals surface area contributed by atoms with Crippen LogP contribution in [-0.2, 0) is 4.79 Å². The Kier molecular flexibility index (Phi) is 3.98. The number of amidine groups is 1. The van der Waals surface area contributed by atoms with Crippen molar-refractivity contribution in [2.24, 2.45) is 10.7 Å². The van der Waals surface area contributed by atoms with Crippen LogP contribution in [0.3, 0.4) is 0 Å². The predicted molar refractivity (Wildman–Crippen MR) is 92.5 cm³/mol. The monoisotopic (exact) mass is 343 g/mol. The Morgan fingerprint density at radius 3 is 2.62 bits per heavy atom. The summed E-state index contributed by atoms with van der Waals surface area (Å²) in [5, 5.41) is 11.5. The Morgan fingerprint density at radius 2 is 2.00 bits per heavy atom. The lowest BCUT2D eigenvalue weighted by atomic mass is 10.0. The first kappa shape index (κ1) is 16.0. The number of nitro benzene ring substituents is 1. The average molecular weight is 343 g/mol. The average Bonchev–Trinajstić information content (AvgIpc) is 3.08. The minimum atomic E-state index is -0.437. The molecule has 7 nitrogen and oxygen atoms in total. The molecule has 0 saturated carbocycles. The van der Waals surface area contributed by atoms with E-state index in [2.05, 4.69) is 4.99 Å². The first-order valence-electron chi connectivity index (χ1n) is 6.99. The first-order valence-corrected chi connectivity index (χ1v) is 7.80. The second-order valence-electron chi connectivity index (χ2n) is 5.28. The summed E-state index contributed by atoms with van der Waals surface area (Å²) in [6.07, 6.45) is 1.52. The molecule has 2 N–H and O–H groups in total. The molecule has 1 amide bonds. The van der Waals surface area contributed by atoms with Gasteiger partial charge in [-0.3, -0.25) is 14.9 Å². The van der Waals surface area contributed by atoms with E-state index in [1.807, 2.05) is 13.8 Å². The van der Waals surface area contributed by atoms with Gasteiger partial charge in [-0.1, -0.05) is 0 Å². The van der Waals surface area contributed by atoms with Crippen molar-refractivity contribution in [3.05, 3.63) is 56.2 Å². The van der Waals surface area contributed by atoms with Crippen LogP contribution in [0, 0.1) is 24.0 Å². The van der Waals surface area contributed by atoms with E-state index < -0.39 is 10.8 Å². The Morgan fingerprint density at radius 1 is 1.29 bits per heavy atom. The van der Waals surface area contributed by atoms with E-state index in [0.29, 0.717) is 22.0 Å². The summed E-state index contributed by atoms with van der Waals surface area (Å²) in [6, 6.07) is 6.53. The van der Waals surface area contributed by atoms with Gasteiger partial charge in [-0.25, -0.2) is 0 Å². The maximum absolute atomic E-state index is 11.6. The van der Waals surface area contributed by atoms with E-state index in [0.717, 1.165) is 22.9 Å². The Bertz CT molecular complexity index is 927. The number of aliphatic imine (C=N–C) groups is 1. The van der Waals surface area contributed by atoms with Crippen molar-refractivity contribution >= 4 is 34.6 Å². The maximum Gasteiger partial charge on any atom is 0.286 e. The molecular weight excluding hydrogens is 330 g/mol. The molecule has 0 spiro atoms. The van der Waals surface area contributed by atoms with Crippen LogP contribution in [-0.4, -0.2) is 16.0 Å². The zero-order chi connectivity index (χ0) is 17.4. The smallest absolute Gasteiger partial charge is 0.286 e. The molecule has 1 aromatic carbocycles. The van der Waals surface area contributed by atoms with Crippen LogP contribution < -0.4 is 5.73 Å². The van der Waals surface area contributed by atoms with Gasteiger partial charge in [0.2, 0.25) is 0 Å². The fourth-order valence-electron chi connectivity index (χ4n) is 2.28. The number of carbonyl (C=O) groups is 1. The van der Waals surface area contributed by atoms with Crippen LogP contribution in [0.15, 0.2) is 38.6 Å². The van der Waals surface area contributed by atoms with Crippen LogP contribution in [0.5, 0.6) is 0 Å². The molecule has 1 aromatic heterocycles. The number of aryl methyl sites for hydroxylation is 2. The van der Waals surface area contributed by atoms with Gasteiger partial charge in [0.05, 0.1) is 15.4 Å². The Balaban J connectivity index is 2.00. The van der Waals surface area contributed by atoms with Gasteiger partial charge in [0.25, 0.3) is 11.6 Å². The summed E-state index contributed by atoms with van der Waals surface area (Å²) in [5.41, 5.74) is 7.63. The third-order valence-electron chi connectivity index (χ3n) is 3.61. The highest BCUT2D eigenvalue weighted by Gasteiger charge is 2.22. The second-order valence-corrected chi connectivity index (χ2v) is 6.34. The molecule has 0 bridgehead atoms. The van der Waals surface area contributed by atoms with Gasteiger partial charge in [0.15, 0.2) is 5.17 Å². The summed E-state index contributed by atoms with van der Waals surface area (Å²) in [7, 11) is 0. The number of amides is 1. The van der Waals surface area contributed by atoms with Crippen molar-refractivity contribution in [1.82, 2.24) is 0 Å². The number of nitrogens with two attached hydrogens (primary N) is 1. The third-order valence-corrected chi connectivity index (χ3v) is 4.42. The fourth-order valence-corrected chi connectivity index (χ4v) is 2.94. The SMILES string of the molecule is Cc1cc(-c2ccc(/C=C3/SC(N)=NC3=O)o2)c([N+](=O)[O-])cc1C. The molecule has 0 saturated heterocycles. The van der Waals surface area contributed by atoms with E-state index in [9.17, 15) is 14.9 Å². The fraction of sp³-hybridized carbons (Fsp3) is 0.125. The zero-order valence-electron chi connectivity index (χ0n) is 12.9. The topological polar surface area (TPSA) is 112 Å². The summed E-state index contributed by atoms with van der Waals surface area (Å²) in [4.78, 5) is 26.4. The third kappa shape index (κ3) is 2.95. The molecule has 0 fully saturated rings. The van der Waals surface area contributed by atoms with Gasteiger partial charge < -0.3 is 10.2 Å². The van der Waals surface area contributed by atoms with E-state index in [4.69, 9.17) is 10.2 Å². The van der Waals surface area contributed by atoms with Crippen LogP contribution in [0.1, 0.15) is 16.9 Å². The molecule has 2 heterocycles. The lowest BCUT2D eigenvalue weighted by Crippen LogP contribution is -2.01. The van der Waals surface area contributed by atoms with Gasteiger partial charge in [-0.15, -0.1) is 0 Å². The van der Waals surface area contributed by atoms with Crippen molar-refractivity contribution in [1.29, 1.82) is 0 Å². The number of thioether (sulfide) groups is 1. The van der Waals surface area contributed by atoms with Crippen LogP contribution in [0.2, 0.25) is 0 Å². The highest BCUT2D eigenvalue weighted by molar-refractivity contribution is 8.18. The predicted octanol–water partition coefficient (Wildman–Crippen LogP) is 3.40. The highest BCUT2D eigenvalue weighted by Crippen LogP contribution is 2.35. The lowest BCUT2D eigenvalue weighted by Gasteiger charge is -2.04. The van der Waals surface area contributed by atoms with Gasteiger partial charge in [0, 0.05) is 12.1 Å². The number of carbonyl (C=O) groups excluding carboxylic acids is 1. The second kappa shape index (κ2) is 5.97. The summed E-state index contributed by atoms with van der Waals surface area (Å²) in [5.74, 6) is 0.340. The molecule has 2 aromatic rings. The minimum Gasteiger partial charge on any atom is -0.456 e. The molecule has 122 valence electrons. The molecule has 0 radical (unpaired) electrons. The lowest BCUT2D eigenvalue weighted by molar-refractivity contribution is -0.384. The van der Waals surface area contributed by atoms with E-state index in [1.165, 1.54) is 12.1 Å². The van der Waals surface area contributed by atoms with Crippen LogP contribution in [0.4, 0.5) is 5.69 Å². The Hall–Kier alpha value is -2.87. The number of furan rings is 1. The first-order chi connectivity index (χ1) is 11.3. The standard InChI is InChI=1S/C16H13N3O4S/c1-8-5-11(12(19(21)22)6-9(8)2)13-4-3-10(23-13)7-14-15(20)18-16(17)24-14/h3-7H,1-2H3,(H2,17,18,20)/b14-7+. The van der Waals surface area contributed by atoms with Crippen LogP contribution in [0.25, 0.3) is 17.4 Å². The summed E-state index contributed by atoms with van der Waals surface area (Å²) in [6.45, 7) is 3.69. The molecule has 1 aliphatic heterocycles. The molecule has 8 heteroatoms. The number of nitrogens with zero attached hydrogens (tertiary/aromatic N) is 2. The largest absolute Gasteiger partial charge is 0.456 e. The van der Waals surface area contributed by atoms with E-state index in [-0.39, 0.29) is 10.9 Å². The zero-order valence-corrected chi connectivity index (χ0v) is 13.7. The summed E-state index contributed by atoms with van der Waals surface area (Å²) >= 11 is 1.06. The van der Waals surface area contributed by atoms with Gasteiger partial charge in [0.1, 0.15) is 11.5 Å². The number of nitro groups is 1. The van der Waals surface area contributed by atoms with Crippen molar-refractivity contribution in [3.8, 4) is 11.3 Å². The van der Waals surface area contributed by atoms with Crippen molar-refractivity contribution < 1.29 is 14.1 Å². The Labute approximate surface area is 141 Å². The van der Waals surface area contributed by atoms with Gasteiger partial charge in [-0.2, -0.15) is 4.99 Å². The van der Waals surface area contributed by atoms with E-state index in [1.54, 1.807) is 18.2 Å². The van der Waals surface area contributed by atoms with Crippen molar-refractivity contribution in [2.45, 2.75) is 13.8 Å². The number of hydrogen-bond acceptors (Lipinski definition) is 6.